The van der Waals surface area contributed by atoms with Gasteiger partial charge in [0, 0.05) is 36.7 Å². The largest absolute Gasteiger partial charge is 0.379 e. The predicted octanol–water partition coefficient (Wildman–Crippen LogP) is 3.73. The highest BCUT2D eigenvalue weighted by molar-refractivity contribution is 6.30. The number of likely N-dealkylation sites (tertiary alicyclic amines) is 1. The van der Waals surface area contributed by atoms with E-state index < -0.39 is 0 Å². The molecule has 2 aromatic rings. The number of nitrogens with zero attached hydrogens (tertiary/aromatic N) is 2. The van der Waals surface area contributed by atoms with Crippen LogP contribution in [0.5, 0.6) is 0 Å². The van der Waals surface area contributed by atoms with E-state index in [0.717, 1.165) is 57.8 Å². The van der Waals surface area contributed by atoms with Gasteiger partial charge in [-0.05, 0) is 36.1 Å². The summed E-state index contributed by atoms with van der Waals surface area (Å²) in [4.78, 5) is 17.4. The van der Waals surface area contributed by atoms with E-state index in [9.17, 15) is 4.79 Å². The van der Waals surface area contributed by atoms with Crippen LogP contribution in [-0.4, -0.2) is 55.1 Å². The van der Waals surface area contributed by atoms with E-state index in [-0.39, 0.29) is 11.4 Å². The fourth-order valence-corrected chi connectivity index (χ4v) is 4.67. The topological polar surface area (TPSA) is 32.8 Å². The summed E-state index contributed by atoms with van der Waals surface area (Å²) in [5, 5.41) is 0.701. The molecule has 2 aliphatic rings. The molecule has 2 saturated heterocycles. The lowest BCUT2D eigenvalue weighted by molar-refractivity contribution is -0.134. The molecule has 0 unspecified atom stereocenters. The van der Waals surface area contributed by atoms with Crippen molar-refractivity contribution in [2.75, 3.05) is 39.4 Å². The maximum absolute atomic E-state index is 12.8. The highest BCUT2D eigenvalue weighted by atomic mass is 35.5. The number of hydrogen-bond acceptors (Lipinski definition) is 3. The van der Waals surface area contributed by atoms with Gasteiger partial charge in [0.05, 0.1) is 19.6 Å². The number of carbonyl (C=O) groups is 1. The molecule has 0 saturated carbocycles. The molecule has 0 radical (unpaired) electrons. The maximum atomic E-state index is 12.8. The minimum absolute atomic E-state index is 0.00208. The van der Waals surface area contributed by atoms with Crippen molar-refractivity contribution in [3.63, 3.8) is 0 Å². The van der Waals surface area contributed by atoms with Crippen molar-refractivity contribution in [2.24, 2.45) is 0 Å². The fraction of sp³-hybridized carbons (Fsp3) is 0.435. The average molecular weight is 399 g/mol. The molecule has 5 heteroatoms. The standard InChI is InChI=1S/C23H27ClN2O2/c24-21-8-6-19(7-9-21)18-22(27)25-12-10-23(11-13-25,20-4-2-1-3-5-20)26-14-16-28-17-15-26/h1-9H,10-18H2. The number of piperidine rings is 1. The number of amides is 1. The molecule has 148 valence electrons. The minimum atomic E-state index is 0.00208. The average Bonchev–Trinajstić information content (AvgIpc) is 2.76. The SMILES string of the molecule is O=C(Cc1ccc(Cl)cc1)N1CCC(c2ccccc2)(N2CCOCC2)CC1. The lowest BCUT2D eigenvalue weighted by atomic mass is 9.79. The van der Waals surface area contributed by atoms with Gasteiger partial charge in [0.25, 0.3) is 0 Å². The molecule has 0 bridgehead atoms. The van der Waals surface area contributed by atoms with Gasteiger partial charge in [-0.3, -0.25) is 9.69 Å². The van der Waals surface area contributed by atoms with Crippen LogP contribution >= 0.6 is 11.6 Å². The molecule has 0 aromatic heterocycles. The van der Waals surface area contributed by atoms with Crippen LogP contribution in [0.2, 0.25) is 5.02 Å². The second kappa shape index (κ2) is 8.64. The maximum Gasteiger partial charge on any atom is 0.226 e. The zero-order chi connectivity index (χ0) is 19.4. The Morgan fingerprint density at radius 1 is 0.929 bits per heavy atom. The monoisotopic (exact) mass is 398 g/mol. The van der Waals surface area contributed by atoms with Gasteiger partial charge in [0.1, 0.15) is 0 Å². The number of halogens is 1. The van der Waals surface area contributed by atoms with E-state index in [1.54, 1.807) is 0 Å². The lowest BCUT2D eigenvalue weighted by Crippen LogP contribution is -2.57. The van der Waals surface area contributed by atoms with Crippen LogP contribution < -0.4 is 0 Å². The van der Waals surface area contributed by atoms with Gasteiger partial charge in [0.2, 0.25) is 5.91 Å². The number of morpholine rings is 1. The first-order valence-corrected chi connectivity index (χ1v) is 10.5. The molecule has 1 amide bonds. The van der Waals surface area contributed by atoms with Crippen LogP contribution in [0.15, 0.2) is 54.6 Å². The fourth-order valence-electron chi connectivity index (χ4n) is 4.54. The molecule has 0 aliphatic carbocycles. The van der Waals surface area contributed by atoms with E-state index >= 15 is 0 Å². The van der Waals surface area contributed by atoms with E-state index in [1.165, 1.54) is 5.56 Å². The summed E-state index contributed by atoms with van der Waals surface area (Å²) in [6.07, 6.45) is 2.36. The van der Waals surface area contributed by atoms with Gasteiger partial charge < -0.3 is 9.64 Å². The zero-order valence-corrected chi connectivity index (χ0v) is 16.9. The van der Waals surface area contributed by atoms with E-state index in [4.69, 9.17) is 16.3 Å². The Kier molecular flexibility index (Phi) is 6.00. The van der Waals surface area contributed by atoms with Crippen molar-refractivity contribution in [3.05, 3.63) is 70.7 Å². The normalized spacial score (nSPS) is 20.1. The highest BCUT2D eigenvalue weighted by Crippen LogP contribution is 2.39. The van der Waals surface area contributed by atoms with Gasteiger partial charge in [-0.25, -0.2) is 0 Å². The third-order valence-electron chi connectivity index (χ3n) is 6.14. The smallest absolute Gasteiger partial charge is 0.226 e. The summed E-state index contributed by atoms with van der Waals surface area (Å²) >= 11 is 5.95. The van der Waals surface area contributed by atoms with Gasteiger partial charge in [-0.15, -0.1) is 0 Å². The molecule has 0 atom stereocenters. The molecule has 2 aromatic carbocycles. The molecule has 4 nitrogen and oxygen atoms in total. The van der Waals surface area contributed by atoms with E-state index in [2.05, 4.69) is 35.2 Å². The highest BCUT2D eigenvalue weighted by Gasteiger charge is 2.42. The molecular formula is C23H27ClN2O2. The number of carbonyl (C=O) groups excluding carboxylic acids is 1. The van der Waals surface area contributed by atoms with E-state index in [1.807, 2.05) is 29.2 Å². The molecule has 4 rings (SSSR count). The first-order chi connectivity index (χ1) is 13.7. The number of rotatable bonds is 4. The molecule has 2 aliphatic heterocycles. The molecule has 0 N–H and O–H groups in total. The third kappa shape index (κ3) is 4.09. The lowest BCUT2D eigenvalue weighted by Gasteiger charge is -2.50. The Morgan fingerprint density at radius 3 is 2.21 bits per heavy atom. The number of benzene rings is 2. The Labute approximate surface area is 172 Å². The van der Waals surface area contributed by atoms with Crippen molar-refractivity contribution in [2.45, 2.75) is 24.8 Å². The third-order valence-corrected chi connectivity index (χ3v) is 6.39. The zero-order valence-electron chi connectivity index (χ0n) is 16.1. The Bertz CT molecular complexity index is 780. The Morgan fingerprint density at radius 2 is 1.57 bits per heavy atom. The van der Waals surface area contributed by atoms with Crippen LogP contribution in [0.4, 0.5) is 0 Å². The van der Waals surface area contributed by atoms with Crippen LogP contribution in [0.3, 0.4) is 0 Å². The van der Waals surface area contributed by atoms with Crippen LogP contribution in [-0.2, 0) is 21.5 Å². The van der Waals surface area contributed by atoms with Crippen molar-refractivity contribution in [1.29, 1.82) is 0 Å². The second-order valence-electron chi connectivity index (χ2n) is 7.68. The van der Waals surface area contributed by atoms with Crippen molar-refractivity contribution >= 4 is 17.5 Å². The van der Waals surface area contributed by atoms with Crippen LogP contribution in [0, 0.1) is 0 Å². The Hall–Kier alpha value is -1.88. The van der Waals surface area contributed by atoms with Gasteiger partial charge in [0.15, 0.2) is 0 Å². The van der Waals surface area contributed by atoms with Crippen LogP contribution in [0.1, 0.15) is 24.0 Å². The number of ether oxygens (including phenoxy) is 1. The number of hydrogen-bond donors (Lipinski definition) is 0. The van der Waals surface area contributed by atoms with Gasteiger partial charge >= 0.3 is 0 Å². The van der Waals surface area contributed by atoms with Crippen molar-refractivity contribution < 1.29 is 9.53 Å². The van der Waals surface area contributed by atoms with Gasteiger partial charge in [-0.2, -0.15) is 0 Å². The predicted molar refractivity (Wildman–Crippen MR) is 111 cm³/mol. The molecule has 2 heterocycles. The Balaban J connectivity index is 1.47. The van der Waals surface area contributed by atoms with Gasteiger partial charge in [-0.1, -0.05) is 54.1 Å². The van der Waals surface area contributed by atoms with Crippen molar-refractivity contribution in [3.8, 4) is 0 Å². The van der Waals surface area contributed by atoms with E-state index in [0.29, 0.717) is 11.4 Å². The molecule has 0 spiro atoms. The second-order valence-corrected chi connectivity index (χ2v) is 8.12. The summed E-state index contributed by atoms with van der Waals surface area (Å²) in [6.45, 7) is 5.06. The quantitative estimate of drug-likeness (QED) is 0.786. The molecule has 28 heavy (non-hydrogen) atoms. The summed E-state index contributed by atoms with van der Waals surface area (Å²) in [7, 11) is 0. The summed E-state index contributed by atoms with van der Waals surface area (Å²) in [5.74, 6) is 0.200. The summed E-state index contributed by atoms with van der Waals surface area (Å²) in [5.41, 5.74) is 2.38. The molecule has 2 fully saturated rings. The minimum Gasteiger partial charge on any atom is -0.379 e. The summed E-state index contributed by atoms with van der Waals surface area (Å²) < 4.78 is 5.59. The first-order valence-electron chi connectivity index (χ1n) is 10.1. The summed E-state index contributed by atoms with van der Waals surface area (Å²) in [6, 6.07) is 18.4. The molecular weight excluding hydrogens is 372 g/mol. The van der Waals surface area contributed by atoms with Crippen LogP contribution in [0.25, 0.3) is 0 Å². The first kappa shape index (κ1) is 19.4. The van der Waals surface area contributed by atoms with Crippen molar-refractivity contribution in [1.82, 2.24) is 9.80 Å².